The van der Waals surface area contributed by atoms with Gasteiger partial charge in [-0.3, -0.25) is 0 Å². The third-order valence-corrected chi connectivity index (χ3v) is 1.61. The number of hydrogen-bond donors (Lipinski definition) is 1. The van der Waals surface area contributed by atoms with Gasteiger partial charge in [0.2, 0.25) is 0 Å². The SMILES string of the molecule is CC#CCCC(F)CNC(C)(C)C. The molecule has 0 rings (SSSR count). The molecule has 0 aliphatic rings. The molecule has 1 atom stereocenters. The van der Waals surface area contributed by atoms with Gasteiger partial charge in [0.25, 0.3) is 0 Å². The summed E-state index contributed by atoms with van der Waals surface area (Å²) in [5.41, 5.74) is 0.000769. The number of rotatable bonds is 4. The fourth-order valence-corrected chi connectivity index (χ4v) is 0.873. The van der Waals surface area contributed by atoms with Crippen molar-refractivity contribution in [3.8, 4) is 11.8 Å². The van der Waals surface area contributed by atoms with Gasteiger partial charge in [-0.05, 0) is 34.1 Å². The molecule has 0 saturated heterocycles. The highest BCUT2D eigenvalue weighted by atomic mass is 19.1. The highest BCUT2D eigenvalue weighted by Crippen LogP contribution is 2.03. The highest BCUT2D eigenvalue weighted by molar-refractivity contribution is 4.95. The molecular weight excluding hydrogens is 165 g/mol. The third kappa shape index (κ3) is 9.36. The first-order valence-electron chi connectivity index (χ1n) is 4.74. The van der Waals surface area contributed by atoms with Crippen LogP contribution in [-0.2, 0) is 0 Å². The van der Waals surface area contributed by atoms with Crippen LogP contribution in [0.1, 0.15) is 40.5 Å². The summed E-state index contributed by atoms with van der Waals surface area (Å²) in [5.74, 6) is 5.62. The second kappa shape index (κ2) is 5.99. The van der Waals surface area contributed by atoms with Crippen LogP contribution < -0.4 is 5.32 Å². The van der Waals surface area contributed by atoms with E-state index in [4.69, 9.17) is 0 Å². The van der Waals surface area contributed by atoms with Crippen molar-refractivity contribution in [2.24, 2.45) is 0 Å². The molecule has 0 fully saturated rings. The van der Waals surface area contributed by atoms with E-state index in [-0.39, 0.29) is 5.54 Å². The number of hydrogen-bond acceptors (Lipinski definition) is 1. The van der Waals surface area contributed by atoms with Gasteiger partial charge in [-0.1, -0.05) is 0 Å². The zero-order chi connectivity index (χ0) is 10.3. The monoisotopic (exact) mass is 185 g/mol. The van der Waals surface area contributed by atoms with Gasteiger partial charge in [-0.15, -0.1) is 11.8 Å². The summed E-state index contributed by atoms with van der Waals surface area (Å²) in [7, 11) is 0. The fourth-order valence-electron chi connectivity index (χ4n) is 0.873. The Morgan fingerprint density at radius 2 is 2.00 bits per heavy atom. The summed E-state index contributed by atoms with van der Waals surface area (Å²) in [5, 5.41) is 3.13. The molecule has 13 heavy (non-hydrogen) atoms. The van der Waals surface area contributed by atoms with Crippen LogP contribution in [0.5, 0.6) is 0 Å². The van der Waals surface area contributed by atoms with Crippen LogP contribution in [0.15, 0.2) is 0 Å². The molecule has 0 heterocycles. The van der Waals surface area contributed by atoms with E-state index in [1.807, 2.05) is 20.8 Å². The first kappa shape index (κ1) is 12.4. The van der Waals surface area contributed by atoms with Crippen molar-refractivity contribution in [2.45, 2.75) is 52.2 Å². The van der Waals surface area contributed by atoms with E-state index in [2.05, 4.69) is 17.2 Å². The minimum absolute atomic E-state index is 0.000769. The van der Waals surface area contributed by atoms with E-state index in [1.165, 1.54) is 0 Å². The molecule has 0 aliphatic carbocycles. The van der Waals surface area contributed by atoms with E-state index in [0.717, 1.165) is 0 Å². The standard InChI is InChI=1S/C11H20FN/c1-5-6-7-8-10(12)9-13-11(2,3)4/h10,13H,7-9H2,1-4H3. The molecule has 1 nitrogen and oxygen atoms in total. The summed E-state index contributed by atoms with van der Waals surface area (Å²) in [6.45, 7) is 8.30. The normalized spacial score (nSPS) is 13.3. The molecule has 2 heteroatoms. The van der Waals surface area contributed by atoms with Gasteiger partial charge in [-0.2, -0.15) is 0 Å². The maximum atomic E-state index is 13.1. The Labute approximate surface area is 81.1 Å². The van der Waals surface area contributed by atoms with Crippen LogP contribution in [0.2, 0.25) is 0 Å². The Hall–Kier alpha value is -0.550. The molecule has 0 amide bonds. The highest BCUT2D eigenvalue weighted by Gasteiger charge is 2.12. The average Bonchev–Trinajstić information content (AvgIpc) is 2.00. The molecule has 1 N–H and O–H groups in total. The van der Waals surface area contributed by atoms with Gasteiger partial charge in [-0.25, -0.2) is 4.39 Å². The summed E-state index contributed by atoms with van der Waals surface area (Å²) in [6.07, 6.45) is 0.410. The van der Waals surface area contributed by atoms with Crippen LogP contribution in [-0.4, -0.2) is 18.3 Å². The smallest absolute Gasteiger partial charge is 0.113 e. The van der Waals surface area contributed by atoms with Crippen LogP contribution in [0.4, 0.5) is 4.39 Å². The first-order valence-corrected chi connectivity index (χ1v) is 4.74. The second-order valence-corrected chi connectivity index (χ2v) is 4.19. The number of halogens is 1. The van der Waals surface area contributed by atoms with Crippen molar-refractivity contribution in [3.63, 3.8) is 0 Å². The molecule has 0 aliphatic heterocycles. The predicted octanol–water partition coefficient (Wildman–Crippen LogP) is 2.52. The Morgan fingerprint density at radius 3 is 2.46 bits per heavy atom. The van der Waals surface area contributed by atoms with Gasteiger partial charge < -0.3 is 5.32 Å². The molecule has 0 spiro atoms. The Bertz CT molecular complexity index is 182. The van der Waals surface area contributed by atoms with Gasteiger partial charge >= 0.3 is 0 Å². The molecule has 0 aromatic carbocycles. The lowest BCUT2D eigenvalue weighted by Gasteiger charge is -2.21. The second-order valence-electron chi connectivity index (χ2n) is 4.19. The maximum absolute atomic E-state index is 13.1. The molecule has 0 aromatic heterocycles. The summed E-state index contributed by atoms with van der Waals surface area (Å²) < 4.78 is 13.1. The lowest BCUT2D eigenvalue weighted by molar-refractivity contribution is 0.274. The van der Waals surface area contributed by atoms with E-state index < -0.39 is 6.17 Å². The zero-order valence-electron chi connectivity index (χ0n) is 9.08. The van der Waals surface area contributed by atoms with Crippen LogP contribution in [0.3, 0.4) is 0 Å². The zero-order valence-corrected chi connectivity index (χ0v) is 9.08. The molecule has 0 bridgehead atoms. The van der Waals surface area contributed by atoms with Gasteiger partial charge in [0.15, 0.2) is 0 Å². The fraction of sp³-hybridized carbons (Fsp3) is 0.818. The van der Waals surface area contributed by atoms with Gasteiger partial charge in [0, 0.05) is 18.5 Å². The molecule has 0 aromatic rings. The maximum Gasteiger partial charge on any atom is 0.113 e. The van der Waals surface area contributed by atoms with E-state index in [0.29, 0.717) is 19.4 Å². The number of alkyl halides is 1. The summed E-state index contributed by atoms with van der Waals surface area (Å²) >= 11 is 0. The van der Waals surface area contributed by atoms with E-state index in [1.54, 1.807) is 6.92 Å². The van der Waals surface area contributed by atoms with Crippen molar-refractivity contribution in [3.05, 3.63) is 0 Å². The largest absolute Gasteiger partial charge is 0.309 e. The molecule has 76 valence electrons. The van der Waals surface area contributed by atoms with E-state index >= 15 is 0 Å². The van der Waals surface area contributed by atoms with Crippen molar-refractivity contribution >= 4 is 0 Å². The van der Waals surface area contributed by atoms with Crippen LogP contribution in [0, 0.1) is 11.8 Å². The quantitative estimate of drug-likeness (QED) is 0.664. The molecule has 1 unspecified atom stereocenters. The minimum Gasteiger partial charge on any atom is -0.309 e. The Morgan fingerprint density at radius 1 is 1.38 bits per heavy atom. The minimum atomic E-state index is -0.778. The topological polar surface area (TPSA) is 12.0 Å². The van der Waals surface area contributed by atoms with Crippen LogP contribution >= 0.6 is 0 Å². The lowest BCUT2D eigenvalue weighted by atomic mass is 10.1. The first-order chi connectivity index (χ1) is 5.95. The van der Waals surface area contributed by atoms with Crippen LogP contribution in [0.25, 0.3) is 0 Å². The van der Waals surface area contributed by atoms with Crippen molar-refractivity contribution in [1.82, 2.24) is 5.32 Å². The summed E-state index contributed by atoms with van der Waals surface area (Å²) in [6, 6.07) is 0. The molecular formula is C11H20FN. The van der Waals surface area contributed by atoms with Crippen molar-refractivity contribution in [1.29, 1.82) is 0 Å². The Balaban J connectivity index is 3.49. The Kier molecular flexibility index (Phi) is 5.73. The van der Waals surface area contributed by atoms with Gasteiger partial charge in [0.05, 0.1) is 0 Å². The average molecular weight is 185 g/mol. The lowest BCUT2D eigenvalue weighted by Crippen LogP contribution is -2.39. The predicted molar refractivity (Wildman–Crippen MR) is 55.3 cm³/mol. The van der Waals surface area contributed by atoms with E-state index in [9.17, 15) is 4.39 Å². The summed E-state index contributed by atoms with van der Waals surface area (Å²) in [4.78, 5) is 0. The molecule has 0 radical (unpaired) electrons. The molecule has 0 saturated carbocycles. The number of nitrogens with one attached hydrogen (secondary N) is 1. The van der Waals surface area contributed by atoms with Crippen molar-refractivity contribution < 1.29 is 4.39 Å². The van der Waals surface area contributed by atoms with Crippen molar-refractivity contribution in [2.75, 3.05) is 6.54 Å². The third-order valence-electron chi connectivity index (χ3n) is 1.61. The van der Waals surface area contributed by atoms with Gasteiger partial charge in [0.1, 0.15) is 6.17 Å².